The molecule has 9 aromatic rings. The Morgan fingerprint density at radius 1 is 0.559 bits per heavy atom. The largest absolute Gasteiger partial charge is 0.506 e. The summed E-state index contributed by atoms with van der Waals surface area (Å²) in [5, 5.41) is 43.0. The molecule has 0 radical (unpaired) electrons. The second-order valence-electron chi connectivity index (χ2n) is 14.7. The summed E-state index contributed by atoms with van der Waals surface area (Å²) in [6, 6.07) is 34.9. The van der Waals surface area contributed by atoms with Gasteiger partial charge in [0.05, 0.1) is 51.6 Å². The van der Waals surface area contributed by atoms with Crippen LogP contribution in [0.4, 0.5) is 34.6 Å². The molecule has 0 saturated heterocycles. The van der Waals surface area contributed by atoms with Crippen molar-refractivity contribution >= 4 is 78.3 Å². The molecule has 0 fully saturated rings. The van der Waals surface area contributed by atoms with Crippen LogP contribution in [0.2, 0.25) is 0 Å². The second-order valence-corrected chi connectivity index (χ2v) is 14.7. The maximum atomic E-state index is 10.5. The van der Waals surface area contributed by atoms with Gasteiger partial charge in [0.2, 0.25) is 6.33 Å². The van der Waals surface area contributed by atoms with Crippen molar-refractivity contribution < 1.29 is 23.9 Å². The normalized spacial score (nSPS) is 12.1. The van der Waals surface area contributed by atoms with Gasteiger partial charge in [-0.25, -0.2) is 27.4 Å². The highest BCUT2D eigenvalue weighted by Crippen LogP contribution is 2.39. The molecule has 14 nitrogen and oxygen atoms in total. The fourth-order valence-electron chi connectivity index (χ4n) is 8.05. The number of hydrogen-bond donors (Lipinski definition) is 4. The van der Waals surface area contributed by atoms with Crippen LogP contribution >= 0.6 is 0 Å². The van der Waals surface area contributed by atoms with E-state index in [-0.39, 0.29) is 11.5 Å². The Hall–Kier alpha value is -7.61. The van der Waals surface area contributed by atoms with Crippen molar-refractivity contribution in [1.29, 1.82) is 0 Å². The number of phenols is 2. The quantitative estimate of drug-likeness (QED) is 0.0424. The number of nitrogens with two attached hydrogens (primary N) is 2. The molecule has 0 saturated carbocycles. The van der Waals surface area contributed by atoms with Crippen LogP contribution in [0.25, 0.3) is 43.6 Å². The topological polar surface area (TPSA) is 168 Å². The first-order chi connectivity index (χ1) is 28.8. The van der Waals surface area contributed by atoms with Crippen molar-refractivity contribution in [1.82, 2.24) is 13.7 Å². The van der Waals surface area contributed by atoms with Crippen LogP contribution in [0.3, 0.4) is 0 Å². The van der Waals surface area contributed by atoms with Gasteiger partial charge in [-0.2, -0.15) is 0 Å². The molecule has 0 amide bonds. The maximum absolute atomic E-state index is 10.5. The van der Waals surface area contributed by atoms with Crippen LogP contribution in [0.5, 0.6) is 11.5 Å². The molecule has 9 rings (SSSR count). The van der Waals surface area contributed by atoms with E-state index in [4.69, 9.17) is 21.7 Å². The Balaban J connectivity index is 0.898. The average Bonchev–Trinajstić information content (AvgIpc) is 3.91. The minimum atomic E-state index is -0.0167. The number of nitrogens with zero attached hydrogens (tertiary/aromatic N) is 10. The first-order valence-electron chi connectivity index (χ1n) is 19.6. The molecule has 0 unspecified atom stereocenters. The predicted octanol–water partition coefficient (Wildman–Crippen LogP) is 8.23. The lowest BCUT2D eigenvalue weighted by Crippen LogP contribution is -2.32. The molecule has 0 aliphatic carbocycles. The number of anilines is 2. The summed E-state index contributed by atoms with van der Waals surface area (Å²) in [7, 11) is 3.99. The smallest absolute Gasteiger partial charge is 0.422 e. The number of benzene rings is 6. The van der Waals surface area contributed by atoms with Crippen molar-refractivity contribution in [2.24, 2.45) is 34.6 Å². The van der Waals surface area contributed by atoms with Gasteiger partial charge < -0.3 is 21.7 Å². The van der Waals surface area contributed by atoms with Gasteiger partial charge in [0, 0.05) is 56.7 Å². The summed E-state index contributed by atoms with van der Waals surface area (Å²) in [6.45, 7) is 3.08. The van der Waals surface area contributed by atoms with E-state index in [2.05, 4.69) is 71.5 Å². The zero-order chi connectivity index (χ0) is 40.6. The highest BCUT2D eigenvalue weighted by molar-refractivity contribution is 6.03. The number of nitrogen functional groups attached to an aromatic ring is 2. The van der Waals surface area contributed by atoms with Gasteiger partial charge in [-0.3, -0.25) is 0 Å². The summed E-state index contributed by atoms with van der Waals surface area (Å²) in [5.41, 5.74) is 18.3. The third-order valence-corrected chi connectivity index (χ3v) is 11.1. The van der Waals surface area contributed by atoms with Gasteiger partial charge in [-0.15, -0.1) is 0 Å². The highest BCUT2D eigenvalue weighted by atomic mass is 16.3. The molecule has 59 heavy (non-hydrogen) atoms. The molecule has 3 aromatic heterocycles. The zero-order valence-electron chi connectivity index (χ0n) is 32.9. The van der Waals surface area contributed by atoms with Crippen LogP contribution in [0, 0.1) is 0 Å². The molecule has 3 heterocycles. The van der Waals surface area contributed by atoms with Gasteiger partial charge in [-0.1, -0.05) is 83.0 Å². The molecule has 0 aliphatic rings. The van der Waals surface area contributed by atoms with Crippen LogP contribution in [0.1, 0.15) is 12.8 Å². The minimum absolute atomic E-state index is 0.0167. The number of para-hydroxylation sites is 4. The number of hydrogen-bond acceptors (Lipinski definition) is 8. The predicted molar refractivity (Wildman–Crippen MR) is 228 cm³/mol. The number of aryl methyl sites for hydroxylation is 6. The van der Waals surface area contributed by atoms with Crippen molar-refractivity contribution in [2.45, 2.75) is 39.0 Å². The standard InChI is InChI=1S/C45H42N12O2/c1-52-36-17-7-9-19-38(36)56(44(52)50-48-34-27-40(58)42(46)32-15-5-3-13-30(32)34)23-11-21-54-25-26-55(29-54)22-12-24-57-39-20-10-8-18-37(39)53(2)45(57)51-49-35-28-41(59)43(47)33-16-6-4-14-31(33)35/h3-10,13-20,25-29,46-47H,11-12,21-24H2,1-2H3,(H-,48,49,58,59)/p+3. The SMILES string of the molecule is C[n+]1c(N=Nc2cc(O)c(N)c3ccccc23)n(CCCn2cc[n+](CCCn3c(N=Nc4cc(O)c(N)c5ccccc45)[n+](C)c4ccccc43)c2)c2ccccc21. The number of aromatic hydroxyl groups is 2. The second kappa shape index (κ2) is 15.4. The molecule has 0 atom stereocenters. The molecule has 0 aliphatic heterocycles. The molecule has 0 spiro atoms. The Labute approximate surface area is 339 Å². The first kappa shape index (κ1) is 37.0. The lowest BCUT2D eigenvalue weighted by atomic mass is 10.1. The molecule has 6 aromatic carbocycles. The number of aromatic nitrogens is 6. The third-order valence-electron chi connectivity index (χ3n) is 11.1. The Bertz CT molecular complexity index is 2900. The van der Waals surface area contributed by atoms with E-state index in [9.17, 15) is 10.2 Å². The van der Waals surface area contributed by atoms with E-state index in [1.807, 2.05) is 96.0 Å². The van der Waals surface area contributed by atoms with Crippen molar-refractivity contribution in [3.05, 3.63) is 128 Å². The van der Waals surface area contributed by atoms with Gasteiger partial charge in [0.25, 0.3) is 0 Å². The summed E-state index contributed by atoms with van der Waals surface area (Å²) in [6.07, 6.45) is 8.11. The number of fused-ring (bicyclic) bond motifs is 4. The molecule has 294 valence electrons. The molecule has 6 N–H and O–H groups in total. The summed E-state index contributed by atoms with van der Waals surface area (Å²) < 4.78 is 12.9. The van der Waals surface area contributed by atoms with E-state index in [1.165, 1.54) is 0 Å². The third kappa shape index (κ3) is 6.83. The molecule has 0 bridgehead atoms. The van der Waals surface area contributed by atoms with Gasteiger partial charge >= 0.3 is 11.9 Å². The van der Waals surface area contributed by atoms with Gasteiger partial charge in [-0.05, 0) is 24.3 Å². The Kier molecular flexibility index (Phi) is 9.65. The highest BCUT2D eigenvalue weighted by Gasteiger charge is 2.24. The van der Waals surface area contributed by atoms with Gasteiger partial charge in [0.1, 0.15) is 57.3 Å². The van der Waals surface area contributed by atoms with Gasteiger partial charge in [0.15, 0.2) is 0 Å². The first-order valence-corrected chi connectivity index (χ1v) is 19.6. The summed E-state index contributed by atoms with van der Waals surface area (Å²) in [4.78, 5) is 0. The summed E-state index contributed by atoms with van der Waals surface area (Å²) in [5.74, 6) is 1.38. The molecular formula is C45H45N12O2+3. The van der Waals surface area contributed by atoms with Crippen molar-refractivity contribution in [3.8, 4) is 11.5 Å². The fraction of sp³-hybridized carbons (Fsp3) is 0.178. The van der Waals surface area contributed by atoms with E-state index >= 15 is 0 Å². The van der Waals surface area contributed by atoms with Crippen LogP contribution in [-0.4, -0.2) is 23.9 Å². The lowest BCUT2D eigenvalue weighted by molar-refractivity contribution is -0.697. The van der Waals surface area contributed by atoms with Crippen LogP contribution in [0.15, 0.2) is 148 Å². The number of azo groups is 2. The van der Waals surface area contributed by atoms with E-state index < -0.39 is 0 Å². The van der Waals surface area contributed by atoms with E-state index in [0.717, 1.165) is 82.6 Å². The monoisotopic (exact) mass is 785 g/mol. The van der Waals surface area contributed by atoms with Crippen molar-refractivity contribution in [2.75, 3.05) is 11.5 Å². The molecular weight excluding hydrogens is 741 g/mol. The number of rotatable bonds is 12. The Morgan fingerprint density at radius 2 is 1.02 bits per heavy atom. The summed E-state index contributed by atoms with van der Waals surface area (Å²) >= 11 is 0. The van der Waals surface area contributed by atoms with Crippen molar-refractivity contribution in [3.63, 3.8) is 0 Å². The average molecular weight is 786 g/mol. The lowest BCUT2D eigenvalue weighted by Gasteiger charge is -2.06. The van der Waals surface area contributed by atoms with E-state index in [1.54, 1.807) is 12.1 Å². The Morgan fingerprint density at radius 3 is 1.54 bits per heavy atom. The van der Waals surface area contributed by atoms with E-state index in [0.29, 0.717) is 34.6 Å². The minimum Gasteiger partial charge on any atom is -0.506 e. The number of imidazole rings is 3. The number of phenolic OH excluding ortho intramolecular Hbond substituents is 2. The zero-order valence-corrected chi connectivity index (χ0v) is 32.9. The van der Waals surface area contributed by atoms with Crippen LogP contribution in [-0.2, 0) is 40.3 Å². The fourth-order valence-corrected chi connectivity index (χ4v) is 8.05. The molecule has 14 heteroatoms. The van der Waals surface area contributed by atoms with Crippen LogP contribution < -0.4 is 25.2 Å². The maximum Gasteiger partial charge on any atom is 0.422 e.